The van der Waals surface area contributed by atoms with Crippen molar-refractivity contribution < 1.29 is 29.0 Å². The molecule has 0 spiro atoms. The predicted molar refractivity (Wildman–Crippen MR) is 85.6 cm³/mol. The summed E-state index contributed by atoms with van der Waals surface area (Å²) < 4.78 is 11.0. The van der Waals surface area contributed by atoms with Crippen LogP contribution in [0.3, 0.4) is 0 Å². The van der Waals surface area contributed by atoms with E-state index in [0.29, 0.717) is 43.2 Å². The summed E-state index contributed by atoms with van der Waals surface area (Å²) in [4.78, 5) is 37.4. The zero-order valence-electron chi connectivity index (χ0n) is 13.5. The number of carbonyl (C=O) groups excluding carboxylic acids is 2. The molecule has 1 saturated heterocycles. The highest BCUT2D eigenvalue weighted by Gasteiger charge is 2.52. The van der Waals surface area contributed by atoms with Gasteiger partial charge in [0.05, 0.1) is 5.92 Å². The lowest BCUT2D eigenvalue weighted by Gasteiger charge is -2.22. The summed E-state index contributed by atoms with van der Waals surface area (Å²) in [6.45, 7) is 1.16. The molecule has 2 N–H and O–H groups in total. The van der Waals surface area contributed by atoms with Gasteiger partial charge in [-0.25, -0.2) is 4.79 Å². The highest BCUT2D eigenvalue weighted by atomic mass is 16.6. The third-order valence-electron chi connectivity index (χ3n) is 4.86. The zero-order chi connectivity index (χ0) is 17.6. The van der Waals surface area contributed by atoms with Gasteiger partial charge in [0.25, 0.3) is 0 Å². The molecule has 25 heavy (non-hydrogen) atoms. The number of ether oxygens (including phenoxy) is 2. The predicted octanol–water partition coefficient (Wildman–Crippen LogP) is 0.544. The number of amides is 2. The maximum Gasteiger partial charge on any atom is 0.329 e. The minimum Gasteiger partial charge on any atom is -0.486 e. The fourth-order valence-corrected chi connectivity index (χ4v) is 3.19. The summed E-state index contributed by atoms with van der Waals surface area (Å²) in [7, 11) is 0. The minimum atomic E-state index is -1.13. The number of fused-ring (bicyclic) bond motifs is 1. The molecule has 132 valence electrons. The quantitative estimate of drug-likeness (QED) is 0.825. The van der Waals surface area contributed by atoms with Crippen LogP contribution in [-0.4, -0.2) is 48.2 Å². The van der Waals surface area contributed by atoms with Gasteiger partial charge in [0.1, 0.15) is 18.8 Å². The van der Waals surface area contributed by atoms with E-state index in [9.17, 15) is 19.5 Å². The molecule has 1 saturated carbocycles. The van der Waals surface area contributed by atoms with Crippen molar-refractivity contribution in [3.05, 3.63) is 18.2 Å². The molecule has 1 aromatic carbocycles. The third-order valence-corrected chi connectivity index (χ3v) is 4.86. The van der Waals surface area contributed by atoms with Gasteiger partial charge in [-0.05, 0) is 25.0 Å². The average Bonchev–Trinajstić information content (AvgIpc) is 3.28. The van der Waals surface area contributed by atoms with Crippen molar-refractivity contribution >= 4 is 23.5 Å². The molecular formula is C17H18N2O6. The summed E-state index contributed by atoms with van der Waals surface area (Å²) in [6.07, 6.45) is 0.928. The van der Waals surface area contributed by atoms with Crippen LogP contribution in [0.4, 0.5) is 5.69 Å². The van der Waals surface area contributed by atoms with Crippen molar-refractivity contribution in [1.82, 2.24) is 5.32 Å². The normalized spacial score (nSPS) is 23.3. The van der Waals surface area contributed by atoms with E-state index in [1.807, 2.05) is 0 Å². The van der Waals surface area contributed by atoms with E-state index in [1.165, 1.54) is 4.90 Å². The number of hydrogen-bond donors (Lipinski definition) is 2. The first kappa shape index (κ1) is 15.7. The molecular weight excluding hydrogens is 328 g/mol. The van der Waals surface area contributed by atoms with Crippen LogP contribution in [-0.2, 0) is 14.4 Å². The van der Waals surface area contributed by atoms with Crippen LogP contribution in [0.15, 0.2) is 18.2 Å². The van der Waals surface area contributed by atoms with E-state index < -0.39 is 17.4 Å². The maximum absolute atomic E-state index is 12.4. The number of hydrogen-bond acceptors (Lipinski definition) is 5. The van der Waals surface area contributed by atoms with Crippen LogP contribution < -0.4 is 19.7 Å². The van der Waals surface area contributed by atoms with Gasteiger partial charge in [-0.2, -0.15) is 0 Å². The summed E-state index contributed by atoms with van der Waals surface area (Å²) in [5.74, 6) is -0.919. The molecule has 4 rings (SSSR count). The van der Waals surface area contributed by atoms with E-state index in [4.69, 9.17) is 9.47 Å². The lowest BCUT2D eigenvalue weighted by Crippen LogP contribution is -2.46. The first-order valence-corrected chi connectivity index (χ1v) is 8.24. The monoisotopic (exact) mass is 346 g/mol. The molecule has 1 unspecified atom stereocenters. The number of anilines is 1. The van der Waals surface area contributed by atoms with Crippen LogP contribution in [0.1, 0.15) is 19.3 Å². The number of carboxylic acids is 1. The molecule has 1 atom stereocenters. The fourth-order valence-electron chi connectivity index (χ4n) is 3.19. The second kappa shape index (κ2) is 5.65. The smallest absolute Gasteiger partial charge is 0.329 e. The molecule has 8 nitrogen and oxygen atoms in total. The van der Waals surface area contributed by atoms with Crippen LogP contribution in [0.2, 0.25) is 0 Å². The van der Waals surface area contributed by atoms with Crippen LogP contribution in [0, 0.1) is 5.92 Å². The third kappa shape index (κ3) is 2.77. The Kier molecular flexibility index (Phi) is 3.55. The number of carboxylic acid groups (broad SMARTS) is 1. The highest BCUT2D eigenvalue weighted by Crippen LogP contribution is 2.38. The van der Waals surface area contributed by atoms with E-state index >= 15 is 0 Å². The van der Waals surface area contributed by atoms with Crippen molar-refractivity contribution in [2.45, 2.75) is 24.8 Å². The summed E-state index contributed by atoms with van der Waals surface area (Å²) >= 11 is 0. The summed E-state index contributed by atoms with van der Waals surface area (Å²) in [5, 5.41) is 11.8. The van der Waals surface area contributed by atoms with E-state index in [0.717, 1.165) is 0 Å². The fraction of sp³-hybridized carbons (Fsp3) is 0.471. The molecule has 0 radical (unpaired) electrons. The molecule has 8 heteroatoms. The Morgan fingerprint density at radius 1 is 1.20 bits per heavy atom. The molecule has 0 bridgehead atoms. The van der Waals surface area contributed by atoms with E-state index in [1.54, 1.807) is 18.2 Å². The molecule has 0 aromatic heterocycles. The van der Waals surface area contributed by atoms with E-state index in [-0.39, 0.29) is 24.8 Å². The van der Waals surface area contributed by atoms with Gasteiger partial charge in [-0.1, -0.05) is 0 Å². The highest BCUT2D eigenvalue weighted by molar-refractivity contribution is 6.01. The van der Waals surface area contributed by atoms with Crippen molar-refractivity contribution in [3.63, 3.8) is 0 Å². The molecule has 2 amide bonds. The number of rotatable bonds is 4. The van der Waals surface area contributed by atoms with Crippen LogP contribution in [0.5, 0.6) is 11.5 Å². The summed E-state index contributed by atoms with van der Waals surface area (Å²) in [6, 6.07) is 5.23. The number of benzene rings is 1. The van der Waals surface area contributed by atoms with Gasteiger partial charge < -0.3 is 24.8 Å². The van der Waals surface area contributed by atoms with Crippen molar-refractivity contribution in [2.75, 3.05) is 24.7 Å². The second-order valence-corrected chi connectivity index (χ2v) is 6.61. The second-order valence-electron chi connectivity index (χ2n) is 6.61. The first-order chi connectivity index (χ1) is 12.0. The Hall–Kier alpha value is -2.77. The Morgan fingerprint density at radius 2 is 1.92 bits per heavy atom. The van der Waals surface area contributed by atoms with Crippen LogP contribution in [0.25, 0.3) is 0 Å². The Balaban J connectivity index is 1.47. The number of nitrogens with zero attached hydrogens (tertiary/aromatic N) is 1. The Morgan fingerprint density at radius 3 is 2.60 bits per heavy atom. The van der Waals surface area contributed by atoms with Crippen molar-refractivity contribution in [3.8, 4) is 11.5 Å². The van der Waals surface area contributed by atoms with Crippen molar-refractivity contribution in [1.29, 1.82) is 0 Å². The van der Waals surface area contributed by atoms with Gasteiger partial charge in [0.2, 0.25) is 11.8 Å². The summed E-state index contributed by atoms with van der Waals surface area (Å²) in [5.41, 5.74) is -0.492. The molecule has 2 heterocycles. The van der Waals surface area contributed by atoms with Gasteiger partial charge in [0.15, 0.2) is 11.5 Å². The Bertz CT molecular complexity index is 758. The molecule has 1 aliphatic carbocycles. The van der Waals surface area contributed by atoms with Gasteiger partial charge in [-0.15, -0.1) is 0 Å². The van der Waals surface area contributed by atoms with Gasteiger partial charge in [-0.3, -0.25) is 9.59 Å². The van der Waals surface area contributed by atoms with Crippen LogP contribution >= 0.6 is 0 Å². The minimum absolute atomic E-state index is 0.0655. The number of aliphatic carboxylic acids is 1. The van der Waals surface area contributed by atoms with Crippen molar-refractivity contribution in [2.24, 2.45) is 5.92 Å². The SMILES string of the molecule is O=C(NC1(C(=O)O)CC1)C1CC(=O)N(c2ccc3c(c2)OCCO3)C1. The lowest BCUT2D eigenvalue weighted by atomic mass is 10.1. The zero-order valence-corrected chi connectivity index (χ0v) is 13.5. The standard InChI is InChI=1S/C17H18N2O6/c20-14-7-10(15(21)18-17(3-4-17)16(22)23)9-19(14)11-1-2-12-13(8-11)25-6-5-24-12/h1-2,8,10H,3-7,9H2,(H,18,21)(H,22,23). The Labute approximate surface area is 143 Å². The van der Waals surface area contributed by atoms with E-state index in [2.05, 4.69) is 5.32 Å². The maximum atomic E-state index is 12.4. The topological polar surface area (TPSA) is 105 Å². The largest absolute Gasteiger partial charge is 0.486 e. The molecule has 2 aliphatic heterocycles. The first-order valence-electron chi connectivity index (χ1n) is 8.24. The number of nitrogens with one attached hydrogen (secondary N) is 1. The molecule has 1 aromatic rings. The molecule has 2 fully saturated rings. The van der Waals surface area contributed by atoms with Gasteiger partial charge >= 0.3 is 5.97 Å². The lowest BCUT2D eigenvalue weighted by molar-refractivity contribution is -0.143. The molecule has 3 aliphatic rings. The average molecular weight is 346 g/mol. The number of carbonyl (C=O) groups is 3. The van der Waals surface area contributed by atoms with Gasteiger partial charge in [0, 0.05) is 24.7 Å².